The van der Waals surface area contributed by atoms with Crippen molar-refractivity contribution in [2.24, 2.45) is 16.8 Å². The Morgan fingerprint density at radius 2 is 1.41 bits per heavy atom. The molecule has 0 aromatic heterocycles. The number of para-hydroxylation sites is 1. The number of rotatable bonds is 5. The molecule has 1 saturated heterocycles. The summed E-state index contributed by atoms with van der Waals surface area (Å²) in [6.07, 6.45) is 0. The number of aliphatic imine (C=N–C) groups is 1. The van der Waals surface area contributed by atoms with E-state index in [0.29, 0.717) is 17.9 Å². The number of amides is 3. The van der Waals surface area contributed by atoms with Crippen LogP contribution in [-0.2, 0) is 20.9 Å². The molecule has 0 aliphatic carbocycles. The Bertz CT molecular complexity index is 1190. The number of hydrogen-bond acceptors (Lipinski definition) is 4. The van der Waals surface area contributed by atoms with Crippen LogP contribution in [0.1, 0.15) is 11.1 Å². The lowest BCUT2D eigenvalue weighted by molar-refractivity contribution is -0.128. The van der Waals surface area contributed by atoms with Crippen LogP contribution in [0.5, 0.6) is 0 Å². The van der Waals surface area contributed by atoms with Crippen LogP contribution >= 0.6 is 0 Å². The van der Waals surface area contributed by atoms with Gasteiger partial charge < -0.3 is 5.32 Å². The minimum atomic E-state index is -0.955. The van der Waals surface area contributed by atoms with Crippen molar-refractivity contribution < 1.29 is 14.4 Å². The van der Waals surface area contributed by atoms with Gasteiger partial charge in [0.2, 0.25) is 17.7 Å². The van der Waals surface area contributed by atoms with E-state index in [4.69, 9.17) is 0 Å². The topological polar surface area (TPSA) is 78.8 Å². The van der Waals surface area contributed by atoms with Gasteiger partial charge in [-0.1, -0.05) is 78.9 Å². The number of fused-ring (bicyclic) bond motifs is 1. The molecule has 1 N–H and O–H groups in total. The van der Waals surface area contributed by atoms with Crippen LogP contribution in [0.25, 0.3) is 0 Å². The van der Waals surface area contributed by atoms with Crippen molar-refractivity contribution in [3.63, 3.8) is 0 Å². The molecule has 3 amide bonds. The van der Waals surface area contributed by atoms with E-state index < -0.39 is 17.9 Å². The Kier molecular flexibility index (Phi) is 5.11. The fourth-order valence-electron chi connectivity index (χ4n) is 4.41. The number of nitrogens with one attached hydrogen (secondary N) is 1. The number of carbonyl (C=O) groups is 3. The SMILES string of the molecule is O=C(NCc1ccccc1)[C@@H]1N=C(c2ccccc2)[C@H]2C(=O)N(c3ccccc3)C(=O)[C@H]21. The second kappa shape index (κ2) is 8.23. The van der Waals surface area contributed by atoms with Gasteiger partial charge >= 0.3 is 0 Å². The third-order valence-corrected chi connectivity index (χ3v) is 5.93. The molecule has 3 aromatic rings. The summed E-state index contributed by atoms with van der Waals surface area (Å²) < 4.78 is 0. The molecule has 6 heteroatoms. The van der Waals surface area contributed by atoms with E-state index in [0.717, 1.165) is 11.1 Å². The zero-order chi connectivity index (χ0) is 22.1. The molecule has 0 spiro atoms. The second-order valence-electron chi connectivity index (χ2n) is 7.88. The summed E-state index contributed by atoms with van der Waals surface area (Å²) >= 11 is 0. The van der Waals surface area contributed by atoms with Crippen molar-refractivity contribution in [1.29, 1.82) is 0 Å². The standard InChI is InChI=1S/C26H21N3O3/c30-24(27-16-17-10-4-1-5-11-17)23-21-20(22(28-23)18-12-6-2-7-13-18)25(31)29(26(21)32)19-14-8-3-9-15-19/h1-15,20-21,23H,16H2,(H,27,30)/t20-,21+,23+/m0/s1. The van der Waals surface area contributed by atoms with E-state index in [-0.39, 0.29) is 17.7 Å². The highest BCUT2D eigenvalue weighted by Crippen LogP contribution is 2.40. The highest BCUT2D eigenvalue weighted by molar-refractivity contribution is 6.33. The maximum atomic E-state index is 13.4. The normalized spacial score (nSPS) is 21.9. The summed E-state index contributed by atoms with van der Waals surface area (Å²) in [4.78, 5) is 45.8. The molecule has 32 heavy (non-hydrogen) atoms. The smallest absolute Gasteiger partial charge is 0.245 e. The molecule has 1 fully saturated rings. The number of benzene rings is 3. The van der Waals surface area contributed by atoms with Crippen molar-refractivity contribution in [2.75, 3.05) is 4.90 Å². The summed E-state index contributed by atoms with van der Waals surface area (Å²) in [5.41, 5.74) is 2.69. The molecule has 0 unspecified atom stereocenters. The number of imide groups is 1. The van der Waals surface area contributed by atoms with Crippen LogP contribution in [0.2, 0.25) is 0 Å². The second-order valence-corrected chi connectivity index (χ2v) is 7.88. The maximum Gasteiger partial charge on any atom is 0.245 e. The van der Waals surface area contributed by atoms with Gasteiger partial charge in [0, 0.05) is 6.54 Å². The van der Waals surface area contributed by atoms with Crippen molar-refractivity contribution in [1.82, 2.24) is 5.32 Å². The lowest BCUT2D eigenvalue weighted by Crippen LogP contribution is -2.41. The van der Waals surface area contributed by atoms with Gasteiger partial charge in [-0.15, -0.1) is 0 Å². The first-order valence-corrected chi connectivity index (χ1v) is 10.5. The first-order chi connectivity index (χ1) is 15.6. The Morgan fingerprint density at radius 3 is 2.06 bits per heavy atom. The average molecular weight is 423 g/mol. The molecule has 0 radical (unpaired) electrons. The van der Waals surface area contributed by atoms with Gasteiger partial charge in [0.05, 0.1) is 23.2 Å². The van der Waals surface area contributed by atoms with Crippen LogP contribution < -0.4 is 10.2 Å². The Hall–Kier alpha value is -4.06. The summed E-state index contributed by atoms with van der Waals surface area (Å²) in [7, 11) is 0. The maximum absolute atomic E-state index is 13.4. The summed E-state index contributed by atoms with van der Waals surface area (Å²) in [5, 5.41) is 2.89. The first-order valence-electron chi connectivity index (χ1n) is 10.5. The Balaban J connectivity index is 1.49. The van der Waals surface area contributed by atoms with E-state index in [1.54, 1.807) is 24.3 Å². The Labute approximate surface area is 185 Å². The summed E-state index contributed by atoms with van der Waals surface area (Å²) in [6, 6.07) is 26.7. The van der Waals surface area contributed by atoms with Crippen LogP contribution in [0.15, 0.2) is 96.0 Å². The van der Waals surface area contributed by atoms with Gasteiger partial charge in [-0.2, -0.15) is 0 Å². The van der Waals surface area contributed by atoms with Crippen molar-refractivity contribution in [2.45, 2.75) is 12.6 Å². The van der Waals surface area contributed by atoms with Gasteiger partial charge in [-0.3, -0.25) is 19.4 Å². The largest absolute Gasteiger partial charge is 0.350 e. The van der Waals surface area contributed by atoms with E-state index in [1.165, 1.54) is 4.90 Å². The molecule has 2 aliphatic heterocycles. The summed E-state index contributed by atoms with van der Waals surface area (Å²) in [6.45, 7) is 0.328. The van der Waals surface area contributed by atoms with Gasteiger partial charge in [-0.25, -0.2) is 4.90 Å². The van der Waals surface area contributed by atoms with Crippen molar-refractivity contribution >= 4 is 29.1 Å². The number of nitrogens with zero attached hydrogens (tertiary/aromatic N) is 2. The van der Waals surface area contributed by atoms with Crippen LogP contribution in [0.4, 0.5) is 5.69 Å². The zero-order valence-corrected chi connectivity index (χ0v) is 17.2. The molecule has 158 valence electrons. The predicted molar refractivity (Wildman–Crippen MR) is 121 cm³/mol. The van der Waals surface area contributed by atoms with E-state index in [2.05, 4.69) is 10.3 Å². The molecule has 3 atom stereocenters. The third kappa shape index (κ3) is 3.39. The molecule has 2 heterocycles. The lowest BCUT2D eigenvalue weighted by atomic mass is 9.86. The van der Waals surface area contributed by atoms with Gasteiger partial charge in [-0.05, 0) is 23.3 Å². The molecule has 6 nitrogen and oxygen atoms in total. The lowest BCUT2D eigenvalue weighted by Gasteiger charge is -2.18. The average Bonchev–Trinajstić information content (AvgIpc) is 3.36. The molecular formula is C26H21N3O3. The minimum Gasteiger partial charge on any atom is -0.350 e. The van der Waals surface area contributed by atoms with E-state index >= 15 is 0 Å². The summed E-state index contributed by atoms with van der Waals surface area (Å²) in [5.74, 6) is -2.72. The van der Waals surface area contributed by atoms with Gasteiger partial charge in [0.1, 0.15) is 6.04 Å². The monoisotopic (exact) mass is 423 g/mol. The molecule has 0 bridgehead atoms. The number of hydrogen-bond donors (Lipinski definition) is 1. The fraction of sp³-hybridized carbons (Fsp3) is 0.154. The number of anilines is 1. The fourth-order valence-corrected chi connectivity index (χ4v) is 4.41. The third-order valence-electron chi connectivity index (χ3n) is 5.93. The van der Waals surface area contributed by atoms with Crippen molar-refractivity contribution in [3.8, 4) is 0 Å². The Morgan fingerprint density at radius 1 is 0.812 bits per heavy atom. The highest BCUT2D eigenvalue weighted by atomic mass is 16.2. The first kappa shape index (κ1) is 19.9. The zero-order valence-electron chi connectivity index (χ0n) is 17.2. The quantitative estimate of drug-likeness (QED) is 0.641. The number of carbonyl (C=O) groups excluding carboxylic acids is 3. The van der Waals surface area contributed by atoms with Gasteiger partial charge in [0.15, 0.2) is 0 Å². The van der Waals surface area contributed by atoms with Crippen LogP contribution in [0.3, 0.4) is 0 Å². The molecule has 5 rings (SSSR count). The molecule has 0 saturated carbocycles. The van der Waals surface area contributed by atoms with Crippen LogP contribution in [-0.4, -0.2) is 29.5 Å². The minimum absolute atomic E-state index is 0.328. The molecule has 2 aliphatic rings. The van der Waals surface area contributed by atoms with E-state index in [1.807, 2.05) is 66.7 Å². The molecule has 3 aromatic carbocycles. The molecular weight excluding hydrogens is 402 g/mol. The highest BCUT2D eigenvalue weighted by Gasteiger charge is 2.59. The van der Waals surface area contributed by atoms with Crippen LogP contribution in [0, 0.1) is 11.8 Å². The van der Waals surface area contributed by atoms with E-state index in [9.17, 15) is 14.4 Å². The van der Waals surface area contributed by atoms with Crippen molar-refractivity contribution in [3.05, 3.63) is 102 Å². The van der Waals surface area contributed by atoms with Gasteiger partial charge in [0.25, 0.3) is 0 Å². The predicted octanol–water partition coefficient (Wildman–Crippen LogP) is 2.98.